The molecule has 0 radical (unpaired) electrons. The van der Waals surface area contributed by atoms with Crippen molar-refractivity contribution < 1.29 is 4.79 Å². The number of aromatic nitrogens is 5. The van der Waals surface area contributed by atoms with Crippen LogP contribution < -0.4 is 5.32 Å². The van der Waals surface area contributed by atoms with Gasteiger partial charge in [-0.1, -0.05) is 30.3 Å². The van der Waals surface area contributed by atoms with Gasteiger partial charge in [0.1, 0.15) is 6.54 Å². The van der Waals surface area contributed by atoms with E-state index in [9.17, 15) is 4.79 Å². The second-order valence-corrected chi connectivity index (χ2v) is 7.79. The van der Waals surface area contributed by atoms with Gasteiger partial charge >= 0.3 is 0 Å². The molecule has 0 saturated heterocycles. The molecule has 5 rings (SSSR count). The van der Waals surface area contributed by atoms with Crippen LogP contribution in [0.4, 0.5) is 0 Å². The average molecular weight is 400 g/mol. The molecule has 1 saturated carbocycles. The highest BCUT2D eigenvalue weighted by atomic mass is 16.2. The zero-order valence-corrected chi connectivity index (χ0v) is 17.0. The molecule has 7 heteroatoms. The molecule has 30 heavy (non-hydrogen) atoms. The van der Waals surface area contributed by atoms with Crippen LogP contribution in [0.25, 0.3) is 22.2 Å². The van der Waals surface area contributed by atoms with E-state index >= 15 is 0 Å². The fourth-order valence-corrected chi connectivity index (χ4v) is 3.85. The van der Waals surface area contributed by atoms with Crippen molar-refractivity contribution in [1.29, 1.82) is 0 Å². The molecule has 1 aliphatic rings. The van der Waals surface area contributed by atoms with Crippen LogP contribution in [0.1, 0.15) is 30.1 Å². The molecule has 1 amide bonds. The number of rotatable bonds is 7. The third-order valence-electron chi connectivity index (χ3n) is 5.51. The van der Waals surface area contributed by atoms with Crippen molar-refractivity contribution >= 4 is 16.9 Å². The van der Waals surface area contributed by atoms with E-state index in [2.05, 4.69) is 38.7 Å². The van der Waals surface area contributed by atoms with Gasteiger partial charge in [-0.05, 0) is 43.0 Å². The summed E-state index contributed by atoms with van der Waals surface area (Å²) in [6.45, 7) is 3.29. The van der Waals surface area contributed by atoms with E-state index in [0.717, 1.165) is 27.9 Å². The predicted octanol–water partition coefficient (Wildman–Crippen LogP) is 3.30. The topological polar surface area (TPSA) is 77.6 Å². The third-order valence-corrected chi connectivity index (χ3v) is 5.51. The molecular formula is C23H24N6O. The third kappa shape index (κ3) is 3.70. The lowest BCUT2D eigenvalue weighted by atomic mass is 10.0. The summed E-state index contributed by atoms with van der Waals surface area (Å²) in [5.41, 5.74) is 4.95. The van der Waals surface area contributed by atoms with Gasteiger partial charge in [-0.3, -0.25) is 9.48 Å². The molecule has 4 aromatic rings. The highest BCUT2D eigenvalue weighted by Crippen LogP contribution is 2.38. The molecule has 1 aliphatic carbocycles. The Balaban J connectivity index is 1.27. The van der Waals surface area contributed by atoms with Crippen LogP contribution in [0.3, 0.4) is 0 Å². The summed E-state index contributed by atoms with van der Waals surface area (Å²) in [7, 11) is 0. The summed E-state index contributed by atoms with van der Waals surface area (Å²) >= 11 is 0. The molecule has 152 valence electrons. The van der Waals surface area contributed by atoms with Crippen molar-refractivity contribution in [1.82, 2.24) is 29.9 Å². The molecule has 3 heterocycles. The minimum absolute atomic E-state index is 0.0825. The van der Waals surface area contributed by atoms with Crippen LogP contribution in [0.2, 0.25) is 0 Å². The first-order valence-corrected chi connectivity index (χ1v) is 10.4. The molecule has 1 aromatic carbocycles. The second kappa shape index (κ2) is 7.74. The van der Waals surface area contributed by atoms with E-state index < -0.39 is 0 Å². The Labute approximate surface area is 174 Å². The fraction of sp³-hybridized carbons (Fsp3) is 0.304. The monoisotopic (exact) mass is 400 g/mol. The number of carbonyl (C=O) groups is 1. The molecule has 0 atom stereocenters. The van der Waals surface area contributed by atoms with Crippen LogP contribution in [-0.4, -0.2) is 37.0 Å². The van der Waals surface area contributed by atoms with Gasteiger partial charge < -0.3 is 5.32 Å². The number of pyridine rings is 1. The Morgan fingerprint density at radius 2 is 1.97 bits per heavy atom. The minimum Gasteiger partial charge on any atom is -0.353 e. The van der Waals surface area contributed by atoms with Crippen molar-refractivity contribution in [3.05, 3.63) is 66.2 Å². The summed E-state index contributed by atoms with van der Waals surface area (Å²) in [4.78, 5) is 17.0. The van der Waals surface area contributed by atoms with Gasteiger partial charge in [-0.15, -0.1) is 0 Å². The summed E-state index contributed by atoms with van der Waals surface area (Å²) in [5, 5.41) is 13.1. The SMILES string of the molecule is Cc1nn(CC(=O)NCCn2ccc(C3CC3)n2)c2nccc(-c3ccccc3)c12. The van der Waals surface area contributed by atoms with Gasteiger partial charge in [-0.2, -0.15) is 10.2 Å². The molecule has 0 aliphatic heterocycles. The first kappa shape index (κ1) is 18.5. The van der Waals surface area contributed by atoms with Gasteiger partial charge in [0.2, 0.25) is 5.91 Å². The van der Waals surface area contributed by atoms with Gasteiger partial charge in [-0.25, -0.2) is 9.67 Å². The summed E-state index contributed by atoms with van der Waals surface area (Å²) in [6.07, 6.45) is 6.24. The number of fused-ring (bicyclic) bond motifs is 1. The van der Waals surface area contributed by atoms with Crippen molar-refractivity contribution in [3.63, 3.8) is 0 Å². The largest absolute Gasteiger partial charge is 0.353 e. The standard InChI is InChI=1S/C23H24N6O/c1-16-22-19(17-5-3-2-4-6-17)9-11-25-23(22)29(26-16)15-21(30)24-12-14-28-13-10-20(27-28)18-7-8-18/h2-6,9-11,13,18H,7-8,12,14-15H2,1H3,(H,24,30). The van der Waals surface area contributed by atoms with Crippen LogP contribution in [0.15, 0.2) is 54.9 Å². The Hall–Kier alpha value is -3.48. The Morgan fingerprint density at radius 3 is 2.77 bits per heavy atom. The molecular weight excluding hydrogens is 376 g/mol. The van der Waals surface area contributed by atoms with Crippen LogP contribution in [0, 0.1) is 6.92 Å². The lowest BCUT2D eigenvalue weighted by molar-refractivity contribution is -0.121. The van der Waals surface area contributed by atoms with Gasteiger partial charge in [0.15, 0.2) is 5.65 Å². The Kier molecular flexibility index (Phi) is 4.78. The first-order valence-electron chi connectivity index (χ1n) is 10.4. The molecule has 0 spiro atoms. The van der Waals surface area contributed by atoms with E-state index in [1.807, 2.05) is 42.1 Å². The molecule has 0 unspecified atom stereocenters. The van der Waals surface area contributed by atoms with Crippen molar-refractivity contribution in [2.75, 3.05) is 6.54 Å². The van der Waals surface area contributed by atoms with Gasteiger partial charge in [0.25, 0.3) is 0 Å². The number of nitrogens with one attached hydrogen (secondary N) is 1. The molecule has 1 N–H and O–H groups in total. The van der Waals surface area contributed by atoms with Crippen LogP contribution in [-0.2, 0) is 17.9 Å². The highest BCUT2D eigenvalue weighted by Gasteiger charge is 2.25. The average Bonchev–Trinajstić information content (AvgIpc) is 3.43. The number of hydrogen-bond donors (Lipinski definition) is 1. The minimum atomic E-state index is -0.0825. The molecule has 1 fully saturated rings. The maximum absolute atomic E-state index is 12.5. The number of benzene rings is 1. The van der Waals surface area contributed by atoms with Gasteiger partial charge in [0.05, 0.1) is 17.9 Å². The van der Waals surface area contributed by atoms with Crippen LogP contribution >= 0.6 is 0 Å². The zero-order chi connectivity index (χ0) is 20.5. The number of hydrogen-bond acceptors (Lipinski definition) is 4. The van der Waals surface area contributed by atoms with Crippen molar-refractivity contribution in [3.8, 4) is 11.1 Å². The Morgan fingerprint density at radius 1 is 1.13 bits per heavy atom. The van der Waals surface area contributed by atoms with Crippen molar-refractivity contribution in [2.45, 2.75) is 38.8 Å². The van der Waals surface area contributed by atoms with E-state index in [0.29, 0.717) is 19.0 Å². The fourth-order valence-electron chi connectivity index (χ4n) is 3.85. The van der Waals surface area contributed by atoms with E-state index in [1.165, 1.54) is 18.5 Å². The lowest BCUT2D eigenvalue weighted by Gasteiger charge is -2.07. The summed E-state index contributed by atoms with van der Waals surface area (Å²) in [5.74, 6) is 0.561. The van der Waals surface area contributed by atoms with Crippen molar-refractivity contribution in [2.24, 2.45) is 0 Å². The number of carbonyl (C=O) groups excluding carboxylic acids is 1. The lowest BCUT2D eigenvalue weighted by Crippen LogP contribution is -2.31. The predicted molar refractivity (Wildman–Crippen MR) is 115 cm³/mol. The second-order valence-electron chi connectivity index (χ2n) is 7.79. The maximum atomic E-state index is 12.5. The molecule has 3 aromatic heterocycles. The van der Waals surface area contributed by atoms with E-state index in [1.54, 1.807) is 10.9 Å². The van der Waals surface area contributed by atoms with E-state index in [-0.39, 0.29) is 12.5 Å². The van der Waals surface area contributed by atoms with E-state index in [4.69, 9.17) is 0 Å². The van der Waals surface area contributed by atoms with Gasteiger partial charge in [0, 0.05) is 30.2 Å². The normalized spacial score (nSPS) is 13.6. The number of amides is 1. The smallest absolute Gasteiger partial charge is 0.241 e. The maximum Gasteiger partial charge on any atom is 0.241 e. The number of nitrogens with zero attached hydrogens (tertiary/aromatic N) is 5. The number of aryl methyl sites for hydroxylation is 1. The first-order chi connectivity index (χ1) is 14.7. The summed E-state index contributed by atoms with van der Waals surface area (Å²) in [6, 6.07) is 14.2. The molecule has 7 nitrogen and oxygen atoms in total. The van der Waals surface area contributed by atoms with Crippen LogP contribution in [0.5, 0.6) is 0 Å². The summed E-state index contributed by atoms with van der Waals surface area (Å²) < 4.78 is 3.58. The Bertz CT molecular complexity index is 1190. The highest BCUT2D eigenvalue weighted by molar-refractivity contribution is 5.95. The quantitative estimate of drug-likeness (QED) is 0.516. The molecule has 0 bridgehead atoms. The zero-order valence-electron chi connectivity index (χ0n) is 17.0.